The van der Waals surface area contributed by atoms with E-state index in [9.17, 15) is 0 Å². The molecule has 0 N–H and O–H groups in total. The first kappa shape index (κ1) is 16.4. The summed E-state index contributed by atoms with van der Waals surface area (Å²) in [7, 11) is 0. The van der Waals surface area contributed by atoms with Crippen LogP contribution in [0, 0.1) is 0 Å². The van der Waals surface area contributed by atoms with Crippen LogP contribution < -0.4 is 0 Å². The maximum Gasteiger partial charge on any atom is 0.209 e. The zero-order chi connectivity index (χ0) is 16.9. The molecule has 4 aromatic heterocycles. The van der Waals surface area contributed by atoms with Gasteiger partial charge in [0.05, 0.1) is 17.9 Å². The lowest BCUT2D eigenvalue weighted by molar-refractivity contribution is 0.550. The van der Waals surface area contributed by atoms with Crippen molar-refractivity contribution in [2.24, 2.45) is 0 Å². The van der Waals surface area contributed by atoms with Gasteiger partial charge < -0.3 is 0 Å². The summed E-state index contributed by atoms with van der Waals surface area (Å²) in [6.45, 7) is 0.784. The molecule has 0 aromatic carbocycles. The first-order chi connectivity index (χ1) is 12.4. The molecule has 25 heavy (non-hydrogen) atoms. The molecule has 0 atom stereocenters. The number of aryl methyl sites for hydroxylation is 2. The molecule has 0 spiro atoms. The Morgan fingerprint density at radius 3 is 2.96 bits per heavy atom. The molecule has 4 aromatic rings. The third kappa shape index (κ3) is 4.12. The van der Waals surface area contributed by atoms with Crippen molar-refractivity contribution >= 4 is 34.4 Å². The summed E-state index contributed by atoms with van der Waals surface area (Å²) in [5, 5.41) is 17.9. The smallest absolute Gasteiger partial charge is 0.209 e. The first-order valence-electron chi connectivity index (χ1n) is 7.65. The molecule has 0 bridgehead atoms. The molecule has 4 rings (SSSR count). The molecule has 9 heteroatoms. The highest BCUT2D eigenvalue weighted by molar-refractivity contribution is 7.98. The first-order valence-corrected chi connectivity index (χ1v) is 10.4. The Bertz CT molecular complexity index is 916. The van der Waals surface area contributed by atoms with Crippen molar-refractivity contribution in [3.8, 4) is 10.7 Å². The van der Waals surface area contributed by atoms with Crippen LogP contribution in [-0.2, 0) is 18.7 Å². The van der Waals surface area contributed by atoms with Crippen molar-refractivity contribution in [2.75, 3.05) is 0 Å². The lowest BCUT2D eigenvalue weighted by Gasteiger charge is -2.02. The van der Waals surface area contributed by atoms with Gasteiger partial charge in [-0.15, -0.1) is 27.8 Å². The lowest BCUT2D eigenvalue weighted by Crippen LogP contribution is -2.04. The van der Waals surface area contributed by atoms with Crippen LogP contribution in [0.4, 0.5) is 0 Å². The van der Waals surface area contributed by atoms with Gasteiger partial charge in [-0.25, -0.2) is 9.67 Å². The van der Waals surface area contributed by atoms with Gasteiger partial charge in [0.15, 0.2) is 0 Å². The van der Waals surface area contributed by atoms with Gasteiger partial charge in [0.2, 0.25) is 5.16 Å². The van der Waals surface area contributed by atoms with Crippen LogP contribution >= 0.6 is 34.4 Å². The number of pyridine rings is 1. The predicted molar refractivity (Wildman–Crippen MR) is 101 cm³/mol. The Morgan fingerprint density at radius 1 is 1.12 bits per heavy atom. The van der Waals surface area contributed by atoms with Crippen molar-refractivity contribution in [2.45, 2.75) is 23.9 Å². The minimum atomic E-state index is 0.739. The number of tetrazole rings is 1. The van der Waals surface area contributed by atoms with Gasteiger partial charge >= 0.3 is 0 Å². The third-order valence-electron chi connectivity index (χ3n) is 3.43. The Morgan fingerprint density at radius 2 is 2.12 bits per heavy atom. The second-order valence-corrected chi connectivity index (χ2v) is 7.99. The Kier molecular flexibility index (Phi) is 5.14. The van der Waals surface area contributed by atoms with Crippen molar-refractivity contribution < 1.29 is 0 Å². The van der Waals surface area contributed by atoms with Crippen LogP contribution in [0.25, 0.3) is 10.7 Å². The van der Waals surface area contributed by atoms with Crippen LogP contribution in [-0.4, -0.2) is 30.2 Å². The second-order valence-electron chi connectivity index (χ2n) is 5.16. The van der Waals surface area contributed by atoms with Crippen LogP contribution in [0.5, 0.6) is 0 Å². The summed E-state index contributed by atoms with van der Waals surface area (Å²) < 4.78 is 1.86. The van der Waals surface area contributed by atoms with E-state index in [0.717, 1.165) is 40.3 Å². The molecule has 0 saturated heterocycles. The molecule has 0 unspecified atom stereocenters. The van der Waals surface area contributed by atoms with E-state index < -0.39 is 0 Å². The second kappa shape index (κ2) is 7.85. The molecule has 0 aliphatic carbocycles. The predicted octanol–water partition coefficient (Wildman–Crippen LogP) is 3.79. The molecule has 126 valence electrons. The van der Waals surface area contributed by atoms with E-state index >= 15 is 0 Å². The highest BCUT2D eigenvalue weighted by Gasteiger charge is 2.10. The summed E-state index contributed by atoms with van der Waals surface area (Å²) in [4.78, 5) is 10.3. The van der Waals surface area contributed by atoms with Gasteiger partial charge in [0.25, 0.3) is 0 Å². The molecule has 0 amide bonds. The number of hydrogen-bond acceptors (Lipinski definition) is 8. The van der Waals surface area contributed by atoms with Crippen LogP contribution in [0.2, 0.25) is 0 Å². The van der Waals surface area contributed by atoms with Gasteiger partial charge in [-0.05, 0) is 34.0 Å². The van der Waals surface area contributed by atoms with E-state index in [0.29, 0.717) is 0 Å². The Balaban J connectivity index is 1.37. The number of nitrogens with zero attached hydrogens (tertiary/aromatic N) is 6. The van der Waals surface area contributed by atoms with Gasteiger partial charge in [-0.2, -0.15) is 0 Å². The van der Waals surface area contributed by atoms with E-state index in [2.05, 4.69) is 48.4 Å². The van der Waals surface area contributed by atoms with E-state index in [-0.39, 0.29) is 0 Å². The van der Waals surface area contributed by atoms with Crippen molar-refractivity contribution in [1.29, 1.82) is 0 Å². The summed E-state index contributed by atoms with van der Waals surface area (Å²) in [5.74, 6) is 0.739. The SMILES string of the molecule is c1ccc(-c2nc(CSc3nnnn3CCc3cccs3)cs2)nc1. The maximum atomic E-state index is 4.66. The fraction of sp³-hybridized carbons (Fsp3) is 0.188. The Hall–Kier alpha value is -2.10. The molecule has 0 aliphatic heterocycles. The van der Waals surface area contributed by atoms with Crippen molar-refractivity contribution in [3.63, 3.8) is 0 Å². The monoisotopic (exact) mass is 386 g/mol. The van der Waals surface area contributed by atoms with E-state index in [4.69, 9.17) is 0 Å². The summed E-state index contributed by atoms with van der Waals surface area (Å²) in [5.41, 5.74) is 1.92. The number of aromatic nitrogens is 6. The number of thiazole rings is 1. The highest BCUT2D eigenvalue weighted by atomic mass is 32.2. The third-order valence-corrected chi connectivity index (χ3v) is 6.27. The average molecular weight is 387 g/mol. The quantitative estimate of drug-likeness (QED) is 0.450. The zero-order valence-electron chi connectivity index (χ0n) is 13.1. The largest absolute Gasteiger partial charge is 0.254 e. The minimum absolute atomic E-state index is 0.739. The van der Waals surface area contributed by atoms with Crippen LogP contribution in [0.3, 0.4) is 0 Å². The topological polar surface area (TPSA) is 69.4 Å². The number of thioether (sulfide) groups is 1. The number of rotatable bonds is 7. The summed E-state index contributed by atoms with van der Waals surface area (Å²) in [6.07, 6.45) is 2.73. The molecule has 0 fully saturated rings. The fourth-order valence-corrected chi connectivity index (χ4v) is 4.62. The van der Waals surface area contributed by atoms with E-state index in [1.54, 1.807) is 40.6 Å². The van der Waals surface area contributed by atoms with Crippen molar-refractivity contribution in [3.05, 3.63) is 57.9 Å². The Labute approximate surface area is 157 Å². The van der Waals surface area contributed by atoms with Gasteiger partial charge in [0, 0.05) is 28.6 Å². The van der Waals surface area contributed by atoms with Crippen LogP contribution in [0.1, 0.15) is 10.6 Å². The molecule has 0 saturated carbocycles. The average Bonchev–Trinajstić information content (AvgIpc) is 3.40. The van der Waals surface area contributed by atoms with Gasteiger partial charge in [-0.1, -0.05) is 23.9 Å². The summed E-state index contributed by atoms with van der Waals surface area (Å²) >= 11 is 4.97. The standard InChI is InChI=1S/C16H14N6S3/c1-2-7-17-14(5-1)15-18-12(10-24-15)11-25-16-19-20-21-22(16)8-6-13-4-3-9-23-13/h1-5,7,9-10H,6,8,11H2. The van der Waals surface area contributed by atoms with Gasteiger partial charge in [-0.3, -0.25) is 4.98 Å². The molecule has 0 aliphatic rings. The molecular weight excluding hydrogens is 372 g/mol. The number of thiophene rings is 1. The van der Waals surface area contributed by atoms with Crippen LogP contribution in [0.15, 0.2) is 52.4 Å². The normalized spacial score (nSPS) is 11.0. The van der Waals surface area contributed by atoms with E-state index in [1.165, 1.54) is 4.88 Å². The fourth-order valence-electron chi connectivity index (χ4n) is 2.23. The maximum absolute atomic E-state index is 4.66. The lowest BCUT2D eigenvalue weighted by atomic mass is 10.3. The van der Waals surface area contributed by atoms with Gasteiger partial charge in [0.1, 0.15) is 5.01 Å². The molecule has 4 heterocycles. The highest BCUT2D eigenvalue weighted by Crippen LogP contribution is 2.26. The van der Waals surface area contributed by atoms with E-state index in [1.807, 2.05) is 22.9 Å². The molecule has 0 radical (unpaired) electrons. The molecular formula is C16H14N6S3. The molecule has 6 nitrogen and oxygen atoms in total. The zero-order valence-corrected chi connectivity index (χ0v) is 15.6. The minimum Gasteiger partial charge on any atom is -0.254 e. The van der Waals surface area contributed by atoms with Crippen molar-refractivity contribution in [1.82, 2.24) is 30.2 Å². The summed E-state index contributed by atoms with van der Waals surface area (Å²) in [6, 6.07) is 10.1. The number of hydrogen-bond donors (Lipinski definition) is 0.